The molecule has 4 nitrogen and oxygen atoms in total. The Labute approximate surface area is 147 Å². The molecule has 0 aliphatic heterocycles. The van der Waals surface area contributed by atoms with E-state index < -0.39 is 0 Å². The van der Waals surface area contributed by atoms with Crippen molar-refractivity contribution in [2.75, 3.05) is 6.54 Å². The number of hydrogen-bond acceptors (Lipinski definition) is 3. The SMILES string of the molecule is CC(=O)CCNC(=O)c1ccc(C2(c3ccc(O)cc3)CCC2)cc1. The lowest BCUT2D eigenvalue weighted by atomic mass is 9.60. The van der Waals surface area contributed by atoms with Gasteiger partial charge in [0.05, 0.1) is 0 Å². The number of amides is 1. The summed E-state index contributed by atoms with van der Waals surface area (Å²) in [5.41, 5.74) is 2.99. The molecule has 0 radical (unpaired) electrons. The van der Waals surface area contributed by atoms with E-state index in [4.69, 9.17) is 0 Å². The maximum Gasteiger partial charge on any atom is 0.251 e. The van der Waals surface area contributed by atoms with Crippen molar-refractivity contribution in [3.63, 3.8) is 0 Å². The molecule has 0 atom stereocenters. The smallest absolute Gasteiger partial charge is 0.251 e. The molecule has 0 bridgehead atoms. The lowest BCUT2D eigenvalue weighted by Crippen LogP contribution is -2.35. The Kier molecular flexibility index (Phi) is 4.88. The van der Waals surface area contributed by atoms with E-state index in [1.165, 1.54) is 24.5 Å². The molecule has 4 heteroatoms. The zero-order chi connectivity index (χ0) is 17.9. The van der Waals surface area contributed by atoms with Gasteiger partial charge in [-0.15, -0.1) is 0 Å². The lowest BCUT2D eigenvalue weighted by Gasteiger charge is -2.43. The van der Waals surface area contributed by atoms with Crippen molar-refractivity contribution in [3.05, 3.63) is 65.2 Å². The van der Waals surface area contributed by atoms with Gasteiger partial charge in [0, 0.05) is 23.9 Å². The molecule has 1 aliphatic rings. The van der Waals surface area contributed by atoms with Gasteiger partial charge in [-0.3, -0.25) is 9.59 Å². The predicted octanol–water partition coefficient (Wildman–Crippen LogP) is 3.57. The zero-order valence-electron chi connectivity index (χ0n) is 14.4. The second-order valence-corrected chi connectivity index (χ2v) is 6.77. The van der Waals surface area contributed by atoms with Crippen LogP contribution in [0.25, 0.3) is 0 Å². The van der Waals surface area contributed by atoms with E-state index >= 15 is 0 Å². The predicted molar refractivity (Wildman–Crippen MR) is 96.8 cm³/mol. The number of Topliss-reactive ketones (excluding diaryl/α,β-unsaturated/α-hetero) is 1. The average molecular weight is 337 g/mol. The molecule has 0 aromatic heterocycles. The Hall–Kier alpha value is -2.62. The summed E-state index contributed by atoms with van der Waals surface area (Å²) < 4.78 is 0. The van der Waals surface area contributed by atoms with E-state index in [1.54, 1.807) is 12.1 Å². The molecule has 2 aromatic rings. The number of phenolic OH excluding ortho intramolecular Hbond substituents is 1. The third-order valence-corrected chi connectivity index (χ3v) is 5.09. The first-order valence-corrected chi connectivity index (χ1v) is 8.69. The van der Waals surface area contributed by atoms with Crippen LogP contribution in [0.5, 0.6) is 5.75 Å². The number of rotatable bonds is 6. The van der Waals surface area contributed by atoms with Crippen molar-refractivity contribution in [2.45, 2.75) is 38.0 Å². The minimum absolute atomic E-state index is 0.0165. The largest absolute Gasteiger partial charge is 0.508 e. The average Bonchev–Trinajstić information content (AvgIpc) is 2.56. The summed E-state index contributed by atoms with van der Waals surface area (Å²) in [6.07, 6.45) is 3.67. The van der Waals surface area contributed by atoms with Gasteiger partial charge in [0.2, 0.25) is 0 Å². The van der Waals surface area contributed by atoms with Crippen LogP contribution in [-0.2, 0) is 10.2 Å². The van der Waals surface area contributed by atoms with Crippen molar-refractivity contribution in [3.8, 4) is 5.75 Å². The van der Waals surface area contributed by atoms with Crippen LogP contribution in [0.4, 0.5) is 0 Å². The van der Waals surface area contributed by atoms with Gasteiger partial charge in [0.25, 0.3) is 5.91 Å². The second-order valence-electron chi connectivity index (χ2n) is 6.77. The van der Waals surface area contributed by atoms with Gasteiger partial charge in [-0.25, -0.2) is 0 Å². The maximum atomic E-state index is 12.1. The molecular weight excluding hydrogens is 314 g/mol. The molecule has 0 unspecified atom stereocenters. The fourth-order valence-corrected chi connectivity index (χ4v) is 3.45. The molecule has 130 valence electrons. The molecule has 1 fully saturated rings. The fraction of sp³-hybridized carbons (Fsp3) is 0.333. The molecule has 25 heavy (non-hydrogen) atoms. The second kappa shape index (κ2) is 7.09. The van der Waals surface area contributed by atoms with Crippen LogP contribution in [0.15, 0.2) is 48.5 Å². The van der Waals surface area contributed by atoms with E-state index in [9.17, 15) is 14.7 Å². The summed E-state index contributed by atoms with van der Waals surface area (Å²) in [6.45, 7) is 1.88. The van der Waals surface area contributed by atoms with Gasteiger partial charge in [0.1, 0.15) is 11.5 Å². The van der Waals surface area contributed by atoms with Crippen LogP contribution in [0.3, 0.4) is 0 Å². The van der Waals surface area contributed by atoms with E-state index in [1.807, 2.05) is 36.4 Å². The summed E-state index contributed by atoms with van der Waals surface area (Å²) in [4.78, 5) is 23.1. The lowest BCUT2D eigenvalue weighted by molar-refractivity contribution is -0.116. The minimum atomic E-state index is -0.153. The molecule has 1 aliphatic carbocycles. The quantitative estimate of drug-likeness (QED) is 0.847. The van der Waals surface area contributed by atoms with Gasteiger partial charge in [-0.2, -0.15) is 0 Å². The zero-order valence-corrected chi connectivity index (χ0v) is 14.4. The van der Waals surface area contributed by atoms with Crippen molar-refractivity contribution in [1.29, 1.82) is 0 Å². The Morgan fingerprint density at radius 3 is 2.04 bits per heavy atom. The number of aromatic hydroxyl groups is 1. The molecule has 1 amide bonds. The maximum absolute atomic E-state index is 12.1. The highest BCUT2D eigenvalue weighted by Crippen LogP contribution is 2.49. The Bertz CT molecular complexity index is 759. The number of benzene rings is 2. The third kappa shape index (κ3) is 3.58. The summed E-state index contributed by atoms with van der Waals surface area (Å²) in [5.74, 6) is 0.187. The van der Waals surface area contributed by atoms with Crippen molar-refractivity contribution in [2.24, 2.45) is 0 Å². The number of hydrogen-bond donors (Lipinski definition) is 2. The first-order chi connectivity index (χ1) is 12.0. The monoisotopic (exact) mass is 337 g/mol. The van der Waals surface area contributed by atoms with Crippen LogP contribution in [-0.4, -0.2) is 23.3 Å². The minimum Gasteiger partial charge on any atom is -0.508 e. The van der Waals surface area contributed by atoms with Gasteiger partial charge in [-0.1, -0.05) is 30.7 Å². The van der Waals surface area contributed by atoms with Gasteiger partial charge in [0.15, 0.2) is 0 Å². The first kappa shape index (κ1) is 17.2. The third-order valence-electron chi connectivity index (χ3n) is 5.09. The molecule has 1 saturated carbocycles. The normalized spacial score (nSPS) is 15.2. The van der Waals surface area contributed by atoms with Crippen molar-refractivity contribution >= 4 is 11.7 Å². The molecule has 0 saturated heterocycles. The van der Waals surface area contributed by atoms with E-state index in [2.05, 4.69) is 5.32 Å². The molecule has 0 spiro atoms. The number of carbonyl (C=O) groups is 2. The summed E-state index contributed by atoms with van der Waals surface area (Å²) in [5, 5.41) is 12.3. The van der Waals surface area contributed by atoms with Crippen LogP contribution in [0.1, 0.15) is 54.1 Å². The fourth-order valence-electron chi connectivity index (χ4n) is 3.45. The molecule has 2 aromatic carbocycles. The highest BCUT2D eigenvalue weighted by atomic mass is 16.3. The van der Waals surface area contributed by atoms with Gasteiger partial charge in [-0.05, 0) is 55.2 Å². The first-order valence-electron chi connectivity index (χ1n) is 8.69. The molecule has 2 N–H and O–H groups in total. The van der Waals surface area contributed by atoms with E-state index in [-0.39, 0.29) is 22.9 Å². The van der Waals surface area contributed by atoms with Gasteiger partial charge < -0.3 is 10.4 Å². The summed E-state index contributed by atoms with van der Waals surface area (Å²) >= 11 is 0. The highest BCUT2D eigenvalue weighted by Gasteiger charge is 2.40. The number of nitrogens with one attached hydrogen (secondary N) is 1. The number of ketones is 1. The topological polar surface area (TPSA) is 66.4 Å². The molecule has 0 heterocycles. The molecule has 3 rings (SSSR count). The van der Waals surface area contributed by atoms with Gasteiger partial charge >= 0.3 is 0 Å². The Morgan fingerprint density at radius 1 is 1.00 bits per heavy atom. The van der Waals surface area contributed by atoms with Crippen LogP contribution < -0.4 is 5.32 Å². The van der Waals surface area contributed by atoms with Crippen LogP contribution >= 0.6 is 0 Å². The van der Waals surface area contributed by atoms with Crippen molar-refractivity contribution in [1.82, 2.24) is 5.32 Å². The summed E-state index contributed by atoms with van der Waals surface area (Å²) in [7, 11) is 0. The van der Waals surface area contributed by atoms with E-state index in [0.717, 1.165) is 12.8 Å². The number of carbonyl (C=O) groups excluding carboxylic acids is 2. The van der Waals surface area contributed by atoms with E-state index in [0.29, 0.717) is 18.5 Å². The molecular formula is C21H23NO3. The standard InChI is InChI=1S/C21H23NO3/c1-15(23)11-14-22-20(25)16-3-5-17(6-4-16)21(12-2-13-21)18-7-9-19(24)10-8-18/h3-10,24H,2,11-14H2,1H3,(H,22,25). The Balaban J connectivity index is 1.75. The van der Waals surface area contributed by atoms with Crippen LogP contribution in [0.2, 0.25) is 0 Å². The highest BCUT2D eigenvalue weighted by molar-refractivity contribution is 5.94. The Morgan fingerprint density at radius 2 is 1.56 bits per heavy atom. The summed E-state index contributed by atoms with van der Waals surface area (Å²) in [6, 6.07) is 15.2. The number of phenols is 1. The van der Waals surface area contributed by atoms with Crippen LogP contribution in [0, 0.1) is 0 Å². The van der Waals surface area contributed by atoms with Crippen molar-refractivity contribution < 1.29 is 14.7 Å².